The van der Waals surface area contributed by atoms with Gasteiger partial charge in [0.25, 0.3) is 0 Å². The van der Waals surface area contributed by atoms with E-state index in [4.69, 9.17) is 4.74 Å². The Morgan fingerprint density at radius 3 is 2.80 bits per heavy atom. The van der Waals surface area contributed by atoms with Crippen molar-refractivity contribution >= 4 is 9.84 Å². The summed E-state index contributed by atoms with van der Waals surface area (Å²) in [5, 5.41) is 12.9. The summed E-state index contributed by atoms with van der Waals surface area (Å²) in [5.41, 5.74) is 0. The first-order valence-electron chi connectivity index (χ1n) is 6.85. The van der Waals surface area contributed by atoms with Gasteiger partial charge < -0.3 is 15.2 Å². The molecule has 2 rings (SSSR count). The Morgan fingerprint density at radius 1 is 1.35 bits per heavy atom. The molecule has 0 aliphatic carbocycles. The zero-order valence-corrected chi connectivity index (χ0v) is 12.2. The predicted octanol–water partition coefficient (Wildman–Crippen LogP) is 0.593. The smallest absolute Gasteiger partial charge is 0.151 e. The van der Waals surface area contributed by atoms with Gasteiger partial charge in [0, 0.05) is 12.6 Å². The molecule has 0 amide bonds. The van der Waals surface area contributed by atoms with Crippen molar-refractivity contribution in [3.8, 4) is 5.75 Å². The summed E-state index contributed by atoms with van der Waals surface area (Å²) in [5.74, 6) is 1.16. The van der Waals surface area contributed by atoms with Crippen LogP contribution in [-0.2, 0) is 9.84 Å². The van der Waals surface area contributed by atoms with Crippen LogP contribution in [0.4, 0.5) is 0 Å². The summed E-state index contributed by atoms with van der Waals surface area (Å²) in [6, 6.07) is 9.23. The standard InChI is InChI=1S/C14H21NO4S/c16-13(10-19-14-6-2-1-3-7-14)9-15-12-5-4-8-20(17,18)11-12/h1-3,6-7,12-13,15-16H,4-5,8-11H2. The predicted molar refractivity (Wildman–Crippen MR) is 77.6 cm³/mol. The average Bonchev–Trinajstić information content (AvgIpc) is 2.43. The summed E-state index contributed by atoms with van der Waals surface area (Å²) < 4.78 is 28.4. The number of para-hydroxylation sites is 1. The van der Waals surface area contributed by atoms with E-state index in [2.05, 4.69) is 5.32 Å². The number of hydrogen-bond donors (Lipinski definition) is 2. The number of benzene rings is 1. The van der Waals surface area contributed by atoms with Gasteiger partial charge in [-0.25, -0.2) is 8.42 Å². The number of nitrogens with one attached hydrogen (secondary N) is 1. The molecule has 1 heterocycles. The van der Waals surface area contributed by atoms with E-state index in [1.807, 2.05) is 30.3 Å². The van der Waals surface area contributed by atoms with Gasteiger partial charge in [0.2, 0.25) is 0 Å². The fraction of sp³-hybridized carbons (Fsp3) is 0.571. The molecule has 5 nitrogen and oxygen atoms in total. The van der Waals surface area contributed by atoms with E-state index in [0.29, 0.717) is 18.7 Å². The van der Waals surface area contributed by atoms with Crippen molar-refractivity contribution in [1.29, 1.82) is 0 Å². The molecule has 6 heteroatoms. The molecule has 20 heavy (non-hydrogen) atoms. The Bertz CT molecular complexity index is 503. The van der Waals surface area contributed by atoms with Gasteiger partial charge in [-0.15, -0.1) is 0 Å². The lowest BCUT2D eigenvalue weighted by atomic mass is 10.2. The van der Waals surface area contributed by atoms with Gasteiger partial charge in [0.1, 0.15) is 18.5 Å². The van der Waals surface area contributed by atoms with Crippen LogP contribution in [-0.4, -0.2) is 50.3 Å². The van der Waals surface area contributed by atoms with Gasteiger partial charge in [0.05, 0.1) is 11.5 Å². The van der Waals surface area contributed by atoms with Gasteiger partial charge >= 0.3 is 0 Å². The highest BCUT2D eigenvalue weighted by Gasteiger charge is 2.24. The Balaban J connectivity index is 1.68. The molecular formula is C14H21NO4S. The molecule has 1 aliphatic rings. The summed E-state index contributed by atoms with van der Waals surface area (Å²) in [4.78, 5) is 0. The molecule has 0 aromatic heterocycles. The van der Waals surface area contributed by atoms with E-state index >= 15 is 0 Å². The molecule has 2 atom stereocenters. The third-order valence-electron chi connectivity index (χ3n) is 3.29. The molecule has 2 unspecified atom stereocenters. The van der Waals surface area contributed by atoms with E-state index in [-0.39, 0.29) is 24.2 Å². The lowest BCUT2D eigenvalue weighted by Crippen LogP contribution is -2.44. The molecule has 1 saturated heterocycles. The molecule has 2 N–H and O–H groups in total. The third-order valence-corrected chi connectivity index (χ3v) is 5.11. The lowest BCUT2D eigenvalue weighted by Gasteiger charge is -2.24. The molecule has 112 valence electrons. The van der Waals surface area contributed by atoms with E-state index in [1.165, 1.54) is 0 Å². The average molecular weight is 299 g/mol. The Morgan fingerprint density at radius 2 is 2.10 bits per heavy atom. The van der Waals surface area contributed by atoms with Crippen molar-refractivity contribution in [2.45, 2.75) is 25.0 Å². The van der Waals surface area contributed by atoms with Crippen LogP contribution in [0.1, 0.15) is 12.8 Å². The molecule has 1 fully saturated rings. The van der Waals surface area contributed by atoms with Crippen LogP contribution < -0.4 is 10.1 Å². The largest absolute Gasteiger partial charge is 0.491 e. The van der Waals surface area contributed by atoms with Crippen molar-refractivity contribution in [3.05, 3.63) is 30.3 Å². The maximum Gasteiger partial charge on any atom is 0.151 e. The van der Waals surface area contributed by atoms with Gasteiger partial charge in [0.15, 0.2) is 9.84 Å². The monoisotopic (exact) mass is 299 g/mol. The van der Waals surface area contributed by atoms with Crippen LogP contribution in [0.3, 0.4) is 0 Å². The Hall–Kier alpha value is -1.11. The minimum Gasteiger partial charge on any atom is -0.491 e. The summed E-state index contributed by atoms with van der Waals surface area (Å²) in [7, 11) is -2.91. The van der Waals surface area contributed by atoms with Crippen LogP contribution >= 0.6 is 0 Å². The minimum atomic E-state index is -2.91. The van der Waals surface area contributed by atoms with Crippen molar-refractivity contribution in [3.63, 3.8) is 0 Å². The van der Waals surface area contributed by atoms with Crippen LogP contribution in [0, 0.1) is 0 Å². The van der Waals surface area contributed by atoms with Crippen LogP contribution in [0.2, 0.25) is 0 Å². The van der Waals surface area contributed by atoms with E-state index in [0.717, 1.165) is 6.42 Å². The number of sulfone groups is 1. The van der Waals surface area contributed by atoms with Gasteiger partial charge in [-0.1, -0.05) is 18.2 Å². The molecule has 0 saturated carbocycles. The quantitative estimate of drug-likeness (QED) is 0.804. The normalized spacial score (nSPS) is 23.1. The molecule has 1 aliphatic heterocycles. The summed E-state index contributed by atoms with van der Waals surface area (Å²) in [6.07, 6.45) is 0.877. The molecular weight excluding hydrogens is 278 g/mol. The maximum atomic E-state index is 11.5. The van der Waals surface area contributed by atoms with Crippen LogP contribution in [0.5, 0.6) is 5.75 Å². The Labute approximate surface area is 119 Å². The maximum absolute atomic E-state index is 11.5. The highest BCUT2D eigenvalue weighted by molar-refractivity contribution is 7.91. The highest BCUT2D eigenvalue weighted by atomic mass is 32.2. The summed E-state index contributed by atoms with van der Waals surface area (Å²) in [6.45, 7) is 0.531. The number of ether oxygens (including phenoxy) is 1. The van der Waals surface area contributed by atoms with Crippen molar-refractivity contribution in [2.24, 2.45) is 0 Å². The van der Waals surface area contributed by atoms with E-state index in [1.54, 1.807) is 0 Å². The highest BCUT2D eigenvalue weighted by Crippen LogP contribution is 2.12. The zero-order valence-electron chi connectivity index (χ0n) is 11.4. The lowest BCUT2D eigenvalue weighted by molar-refractivity contribution is 0.104. The fourth-order valence-electron chi connectivity index (χ4n) is 2.25. The topological polar surface area (TPSA) is 75.6 Å². The minimum absolute atomic E-state index is 0.0554. The second-order valence-corrected chi connectivity index (χ2v) is 7.37. The molecule has 0 bridgehead atoms. The number of aliphatic hydroxyl groups excluding tert-OH is 1. The van der Waals surface area contributed by atoms with Crippen molar-refractivity contribution in [2.75, 3.05) is 24.7 Å². The van der Waals surface area contributed by atoms with Gasteiger partial charge in [-0.05, 0) is 25.0 Å². The first-order chi connectivity index (χ1) is 9.55. The third kappa shape index (κ3) is 5.11. The number of hydrogen-bond acceptors (Lipinski definition) is 5. The first kappa shape index (κ1) is 15.3. The number of rotatable bonds is 6. The fourth-order valence-corrected chi connectivity index (χ4v) is 3.93. The van der Waals surface area contributed by atoms with Crippen molar-refractivity contribution < 1.29 is 18.3 Å². The molecule has 1 aromatic rings. The summed E-state index contributed by atoms with van der Waals surface area (Å²) >= 11 is 0. The van der Waals surface area contributed by atoms with Crippen LogP contribution in [0.25, 0.3) is 0 Å². The molecule has 0 radical (unpaired) electrons. The second kappa shape index (κ2) is 7.06. The Kier molecular flexibility index (Phi) is 5.39. The molecule has 0 spiro atoms. The second-order valence-electron chi connectivity index (χ2n) is 5.14. The SMILES string of the molecule is O=S1(=O)CCCC(NCC(O)COc2ccccc2)C1. The number of aliphatic hydroxyl groups is 1. The van der Waals surface area contributed by atoms with Crippen molar-refractivity contribution in [1.82, 2.24) is 5.32 Å². The van der Waals surface area contributed by atoms with E-state index < -0.39 is 15.9 Å². The van der Waals surface area contributed by atoms with Gasteiger partial charge in [-0.3, -0.25) is 0 Å². The van der Waals surface area contributed by atoms with E-state index in [9.17, 15) is 13.5 Å². The zero-order chi connectivity index (χ0) is 14.4. The van der Waals surface area contributed by atoms with Crippen LogP contribution in [0.15, 0.2) is 30.3 Å². The first-order valence-corrected chi connectivity index (χ1v) is 8.67. The molecule has 1 aromatic carbocycles. The van der Waals surface area contributed by atoms with Gasteiger partial charge in [-0.2, -0.15) is 0 Å².